The van der Waals surface area contributed by atoms with Crippen LogP contribution in [0.5, 0.6) is 0 Å². The smallest absolute Gasteiger partial charge is 0.394 e. The van der Waals surface area contributed by atoms with Gasteiger partial charge in [-0.05, 0) is 70.6 Å². The number of hydrogen-bond donors (Lipinski definition) is 17. The first kappa shape index (κ1) is 104. The summed E-state index contributed by atoms with van der Waals surface area (Å²) in [6.45, 7) is -1.44. The van der Waals surface area contributed by atoms with Gasteiger partial charge in [-0.3, -0.25) is 46.1 Å². The second-order valence-corrected chi connectivity index (χ2v) is 33.0. The van der Waals surface area contributed by atoms with Crippen LogP contribution in [0.4, 0.5) is 0 Å². The molecule has 3 amide bonds. The number of phosphoric acid groups is 3. The average Bonchev–Trinajstić information content (AvgIpc) is 0.818. The first-order valence-corrected chi connectivity index (χ1v) is 43.9. The van der Waals surface area contributed by atoms with E-state index in [1.54, 1.807) is 7.11 Å². The van der Waals surface area contributed by atoms with Gasteiger partial charge in [0.1, 0.15) is 85.1 Å². The summed E-state index contributed by atoms with van der Waals surface area (Å²) in [4.78, 5) is 77.8. The van der Waals surface area contributed by atoms with Crippen molar-refractivity contribution in [1.82, 2.24) is 16.0 Å². The lowest BCUT2D eigenvalue weighted by Gasteiger charge is -2.42. The van der Waals surface area contributed by atoms with E-state index in [0.29, 0.717) is 83.8 Å². The van der Waals surface area contributed by atoms with Crippen LogP contribution < -0.4 is 16.0 Å². The Balaban J connectivity index is 1.63. The van der Waals surface area contributed by atoms with Crippen LogP contribution in [0.15, 0.2) is 0 Å². The standard InChI is InChI=1S/C65H127N3O40P4/c1-46(73)66-54-50(106-51(38-70)57(76)60(54)79)21-10-9-15-32-102-112(88,89)105-36-20-26-94-44-65(98-45-109(82,83)99-33-17-23-91-41-49(37-69)95-29-16-22-90-4,42-92-24-18-34-103-110(84,85)100-30-13-7-5-11-27-96-63-55(67-47(2)74)61(80)58(77)52(39-71)107-63)43-93-25-19-35-104-111(86,87)101-31-14-8-6-12-28-97-64-56(68-48(3)75)62(81)59(78)53(40-72)108-64/h49-64,69-72,76-81H,5-45H2,1-4H3,(H,66,73)(H,67,74)(H,68,75)(H,82,83)(H,84,85)(H,86,87)(H,88,89)/t49?,50-,51?,52?,53?,54+,55?,56?,57-,58-,59-,60?,61+,62+,63+,64+,65?/m0/s1. The summed E-state index contributed by atoms with van der Waals surface area (Å²) in [5.41, 5.74) is -1.80. The molecule has 17 N–H and O–H groups in total. The van der Waals surface area contributed by atoms with Crippen molar-refractivity contribution < 1.29 is 192 Å². The van der Waals surface area contributed by atoms with Crippen LogP contribution in [-0.2, 0) is 121 Å². The van der Waals surface area contributed by atoms with Crippen LogP contribution in [0.3, 0.4) is 0 Å². The van der Waals surface area contributed by atoms with Crippen molar-refractivity contribution in [3.05, 3.63) is 0 Å². The van der Waals surface area contributed by atoms with Crippen molar-refractivity contribution in [3.8, 4) is 0 Å². The molecule has 0 saturated carbocycles. The molecule has 112 heavy (non-hydrogen) atoms. The number of ether oxygens (including phenoxy) is 12. The predicted molar refractivity (Wildman–Crippen MR) is 388 cm³/mol. The lowest BCUT2D eigenvalue weighted by atomic mass is 9.90. The van der Waals surface area contributed by atoms with Crippen LogP contribution in [0.1, 0.15) is 130 Å². The second kappa shape index (κ2) is 58.1. The van der Waals surface area contributed by atoms with Crippen LogP contribution in [0, 0.1) is 0 Å². The molecule has 662 valence electrons. The Morgan fingerprint density at radius 2 is 0.732 bits per heavy atom. The van der Waals surface area contributed by atoms with Crippen molar-refractivity contribution in [2.75, 3.05) is 165 Å². The number of unbranched alkanes of at least 4 members (excludes halogenated alkanes) is 8. The average molecular weight is 1710 g/mol. The number of phosphoric ester groups is 3. The minimum atomic E-state index is -4.63. The molecule has 0 aliphatic carbocycles. The Kier molecular flexibility index (Phi) is 54.0. The maximum atomic E-state index is 13.6. The van der Waals surface area contributed by atoms with E-state index >= 15 is 0 Å². The Labute approximate surface area is 653 Å². The molecule has 3 saturated heterocycles. The number of aliphatic hydroxyl groups excluding tert-OH is 10. The van der Waals surface area contributed by atoms with Gasteiger partial charge in [0.05, 0.1) is 111 Å². The molecule has 0 spiro atoms. The van der Waals surface area contributed by atoms with Crippen molar-refractivity contribution in [3.63, 3.8) is 0 Å². The molecule has 0 aromatic rings. The number of rotatable bonds is 68. The highest BCUT2D eigenvalue weighted by Crippen LogP contribution is 2.46. The third kappa shape index (κ3) is 43.8. The van der Waals surface area contributed by atoms with Crippen molar-refractivity contribution >= 4 is 48.8 Å². The van der Waals surface area contributed by atoms with Crippen molar-refractivity contribution in [1.29, 1.82) is 0 Å². The molecular formula is C65H127N3O40P4. The molecule has 3 aliphatic heterocycles. The van der Waals surface area contributed by atoms with Gasteiger partial charge in [-0.2, -0.15) is 0 Å². The van der Waals surface area contributed by atoms with E-state index < -0.39 is 198 Å². The molecule has 0 aromatic carbocycles. The third-order valence-electron chi connectivity index (χ3n) is 17.2. The molecule has 11 unspecified atom stereocenters. The highest BCUT2D eigenvalue weighted by atomic mass is 31.2. The number of carbonyl (C=O) groups excluding carboxylic acids is 3. The van der Waals surface area contributed by atoms with E-state index in [2.05, 4.69) is 16.0 Å². The molecule has 0 aromatic heterocycles. The number of nitrogens with one attached hydrogen (secondary N) is 3. The van der Waals surface area contributed by atoms with Gasteiger partial charge in [-0.1, -0.05) is 38.5 Å². The minimum absolute atomic E-state index is 0.0151. The van der Waals surface area contributed by atoms with Crippen molar-refractivity contribution in [2.45, 2.75) is 233 Å². The first-order valence-electron chi connectivity index (χ1n) is 37.7. The van der Waals surface area contributed by atoms with E-state index in [1.165, 1.54) is 20.8 Å². The Bertz CT molecular complexity index is 2620. The molecule has 3 fully saturated rings. The highest BCUT2D eigenvalue weighted by Gasteiger charge is 2.48. The molecule has 43 nitrogen and oxygen atoms in total. The van der Waals surface area contributed by atoms with Crippen LogP contribution >= 0.6 is 31.1 Å². The summed E-state index contributed by atoms with van der Waals surface area (Å²) in [5.74, 6) is -1.49. The zero-order chi connectivity index (χ0) is 83.0. The predicted octanol–water partition coefficient (Wildman–Crippen LogP) is -1.07. The van der Waals surface area contributed by atoms with E-state index in [4.69, 9.17) is 88.5 Å². The topological polar surface area (TPSA) is 614 Å². The number of carbonyl (C=O) groups is 3. The van der Waals surface area contributed by atoms with E-state index in [-0.39, 0.29) is 138 Å². The number of aliphatic hydroxyl groups is 10. The van der Waals surface area contributed by atoms with Gasteiger partial charge in [-0.25, -0.2) is 13.7 Å². The summed E-state index contributed by atoms with van der Waals surface area (Å²) < 4.78 is 157. The second-order valence-electron chi connectivity index (χ2n) is 26.9. The molecule has 3 aliphatic rings. The maximum Gasteiger partial charge on any atom is 0.472 e. The first-order chi connectivity index (χ1) is 53.3. The van der Waals surface area contributed by atoms with E-state index in [0.717, 1.165) is 0 Å². The Hall–Kier alpha value is -1.99. The summed E-state index contributed by atoms with van der Waals surface area (Å²) >= 11 is 0. The zero-order valence-electron chi connectivity index (χ0n) is 64.4. The van der Waals surface area contributed by atoms with E-state index in [1.807, 2.05) is 0 Å². The highest BCUT2D eigenvalue weighted by molar-refractivity contribution is 7.52. The molecule has 3 heterocycles. The van der Waals surface area contributed by atoms with Gasteiger partial charge in [0.15, 0.2) is 12.6 Å². The summed E-state index contributed by atoms with van der Waals surface area (Å²) in [6, 6.07) is -3.17. The lowest BCUT2D eigenvalue weighted by Crippen LogP contribution is -2.64. The largest absolute Gasteiger partial charge is 0.472 e. The molecule has 3 rings (SSSR count). The van der Waals surface area contributed by atoms with Gasteiger partial charge in [-0.15, -0.1) is 0 Å². The Morgan fingerprint density at radius 3 is 1.12 bits per heavy atom. The van der Waals surface area contributed by atoms with Crippen molar-refractivity contribution in [2.24, 2.45) is 0 Å². The quantitative estimate of drug-likeness (QED) is 0.0255. The fourth-order valence-corrected chi connectivity index (χ4v) is 14.7. The van der Waals surface area contributed by atoms with Crippen LogP contribution in [0.2, 0.25) is 0 Å². The fraction of sp³-hybridized carbons (Fsp3) is 0.954. The van der Waals surface area contributed by atoms with Gasteiger partial charge in [0, 0.05) is 80.7 Å². The summed E-state index contributed by atoms with van der Waals surface area (Å²) in [5, 5.41) is 108. The van der Waals surface area contributed by atoms with E-state index in [9.17, 15) is 103 Å². The molecule has 0 bridgehead atoms. The molecule has 47 heteroatoms. The number of hydrogen-bond acceptors (Lipinski definition) is 36. The molecule has 20 atom stereocenters. The Morgan fingerprint density at radius 1 is 0.393 bits per heavy atom. The SMILES string of the molecule is COCCCOC(CO)COCCCOP(=O)(O)COC(COCCCOP(=O)(O)OCCCCCCO[C@@H]1OC(CO)[C@H](O)[C@H](O)C1NC(C)=O)(COCCCOP(=O)(O)OCCCCCCO[C@@H]1OC(CO)[C@H](O)[C@H](O)C1NC(C)=O)COCCCOP(=O)(O)OCCCCC[C@@H]1OC(CO)[C@H](O)C(O)[C@@H]1NC(C)=O. The number of methoxy groups -OCH3 is 1. The maximum absolute atomic E-state index is 13.6. The lowest BCUT2D eigenvalue weighted by molar-refractivity contribution is -0.270. The van der Waals surface area contributed by atoms with Gasteiger partial charge >= 0.3 is 31.1 Å². The molecular weight excluding hydrogens is 1590 g/mol. The normalized spacial score (nSPS) is 27.3. The van der Waals surface area contributed by atoms with Crippen LogP contribution in [-0.4, -0.2) is 357 Å². The van der Waals surface area contributed by atoms with Gasteiger partial charge in [0.25, 0.3) is 0 Å². The summed E-state index contributed by atoms with van der Waals surface area (Å²) in [6.07, 6.45) is -11.2. The van der Waals surface area contributed by atoms with Crippen LogP contribution in [0.25, 0.3) is 0 Å². The minimum Gasteiger partial charge on any atom is -0.394 e. The monoisotopic (exact) mass is 1710 g/mol. The van der Waals surface area contributed by atoms with Gasteiger partial charge < -0.3 is 148 Å². The van der Waals surface area contributed by atoms with Gasteiger partial charge in [0.2, 0.25) is 17.7 Å². The number of amides is 3. The zero-order valence-corrected chi connectivity index (χ0v) is 68.0. The molecule has 0 radical (unpaired) electrons. The fourth-order valence-electron chi connectivity index (χ4n) is 11.4. The third-order valence-corrected chi connectivity index (χ3v) is 21.3. The summed E-state index contributed by atoms with van der Waals surface area (Å²) in [7, 11) is -16.9.